The van der Waals surface area contributed by atoms with Crippen molar-refractivity contribution in [1.82, 2.24) is 0 Å². The molecule has 4 heteroatoms. The van der Waals surface area contributed by atoms with Crippen molar-refractivity contribution in [3.63, 3.8) is 0 Å². The molecule has 0 saturated carbocycles. The number of esters is 1. The standard InChI is InChI=1S/C26H46O4/c1-4-5-17-22(18-13-11-9-7-6-8-10-12-16-21(2)3)30-26(29)24-20-15-14-19-23(24)25(27)28/h14-15,21-24H,4-13,16-20H2,1-3H3,(H,27,28). The number of ether oxygens (including phenoxy) is 1. The van der Waals surface area contributed by atoms with E-state index in [2.05, 4.69) is 20.8 Å². The molecule has 30 heavy (non-hydrogen) atoms. The highest BCUT2D eigenvalue weighted by atomic mass is 16.5. The Balaban J connectivity index is 2.27. The van der Waals surface area contributed by atoms with Gasteiger partial charge in [-0.25, -0.2) is 0 Å². The number of carbonyl (C=O) groups excluding carboxylic acids is 1. The molecule has 0 aliphatic heterocycles. The van der Waals surface area contributed by atoms with Crippen LogP contribution in [0.25, 0.3) is 0 Å². The van der Waals surface area contributed by atoms with Crippen molar-refractivity contribution in [3.05, 3.63) is 12.2 Å². The Labute approximate surface area is 184 Å². The van der Waals surface area contributed by atoms with Gasteiger partial charge in [-0.15, -0.1) is 0 Å². The zero-order valence-corrected chi connectivity index (χ0v) is 19.7. The molecule has 0 heterocycles. The van der Waals surface area contributed by atoms with Crippen LogP contribution in [0.15, 0.2) is 12.2 Å². The van der Waals surface area contributed by atoms with Crippen molar-refractivity contribution in [2.24, 2.45) is 17.8 Å². The molecule has 0 fully saturated rings. The van der Waals surface area contributed by atoms with Crippen LogP contribution in [0, 0.1) is 17.8 Å². The quantitative estimate of drug-likeness (QED) is 0.152. The molecule has 0 radical (unpaired) electrons. The lowest BCUT2D eigenvalue weighted by Gasteiger charge is -2.26. The van der Waals surface area contributed by atoms with Crippen molar-refractivity contribution in [3.8, 4) is 0 Å². The number of hydrogen-bond acceptors (Lipinski definition) is 3. The summed E-state index contributed by atoms with van der Waals surface area (Å²) in [6.45, 7) is 6.73. The molecule has 0 bridgehead atoms. The Morgan fingerprint density at radius 3 is 1.87 bits per heavy atom. The van der Waals surface area contributed by atoms with E-state index in [4.69, 9.17) is 4.74 Å². The summed E-state index contributed by atoms with van der Waals surface area (Å²) < 4.78 is 5.83. The highest BCUT2D eigenvalue weighted by Crippen LogP contribution is 2.28. The van der Waals surface area contributed by atoms with Gasteiger partial charge in [0.05, 0.1) is 11.8 Å². The van der Waals surface area contributed by atoms with Gasteiger partial charge in [-0.05, 0) is 38.0 Å². The van der Waals surface area contributed by atoms with Gasteiger partial charge in [-0.2, -0.15) is 0 Å². The SMILES string of the molecule is CCCCC(CCCCCCCCCCC(C)C)OC(=O)C1CC=CCC1C(=O)O. The summed E-state index contributed by atoms with van der Waals surface area (Å²) in [5.41, 5.74) is 0. The third-order valence-corrected chi connectivity index (χ3v) is 6.27. The summed E-state index contributed by atoms with van der Waals surface area (Å²) >= 11 is 0. The summed E-state index contributed by atoms with van der Waals surface area (Å²) in [7, 11) is 0. The molecule has 0 saturated heterocycles. The lowest BCUT2D eigenvalue weighted by Crippen LogP contribution is -2.34. The first-order chi connectivity index (χ1) is 14.5. The second-order valence-electron chi connectivity index (χ2n) is 9.49. The topological polar surface area (TPSA) is 63.6 Å². The van der Waals surface area contributed by atoms with Crippen LogP contribution in [0.3, 0.4) is 0 Å². The van der Waals surface area contributed by atoms with Gasteiger partial charge in [-0.1, -0.05) is 97.1 Å². The zero-order chi connectivity index (χ0) is 22.2. The van der Waals surface area contributed by atoms with Crippen LogP contribution in [0.2, 0.25) is 0 Å². The maximum Gasteiger partial charge on any atom is 0.310 e. The van der Waals surface area contributed by atoms with Crippen LogP contribution in [-0.4, -0.2) is 23.1 Å². The number of carboxylic acids is 1. The van der Waals surface area contributed by atoms with Gasteiger partial charge in [0.1, 0.15) is 6.10 Å². The van der Waals surface area contributed by atoms with Gasteiger partial charge in [0.2, 0.25) is 0 Å². The van der Waals surface area contributed by atoms with Crippen LogP contribution >= 0.6 is 0 Å². The van der Waals surface area contributed by atoms with Gasteiger partial charge in [-0.3, -0.25) is 9.59 Å². The first-order valence-electron chi connectivity index (χ1n) is 12.5. The van der Waals surface area contributed by atoms with Crippen molar-refractivity contribution < 1.29 is 19.4 Å². The maximum absolute atomic E-state index is 12.7. The van der Waals surface area contributed by atoms with E-state index in [1.54, 1.807) is 0 Å². The molecule has 174 valence electrons. The van der Waals surface area contributed by atoms with Crippen molar-refractivity contribution in [2.75, 3.05) is 0 Å². The number of allylic oxidation sites excluding steroid dienone is 2. The Morgan fingerprint density at radius 2 is 1.33 bits per heavy atom. The summed E-state index contributed by atoms with van der Waals surface area (Å²) in [6.07, 6.45) is 20.1. The number of hydrogen-bond donors (Lipinski definition) is 1. The van der Waals surface area contributed by atoms with Gasteiger partial charge in [0.15, 0.2) is 0 Å². The monoisotopic (exact) mass is 422 g/mol. The Kier molecular flexibility index (Phi) is 14.6. The molecule has 3 atom stereocenters. The van der Waals surface area contributed by atoms with E-state index >= 15 is 0 Å². The lowest BCUT2D eigenvalue weighted by atomic mass is 9.83. The predicted molar refractivity (Wildman–Crippen MR) is 123 cm³/mol. The van der Waals surface area contributed by atoms with Crippen molar-refractivity contribution >= 4 is 11.9 Å². The molecule has 1 aliphatic carbocycles. The third-order valence-electron chi connectivity index (χ3n) is 6.27. The fraction of sp³-hybridized carbons (Fsp3) is 0.846. The summed E-state index contributed by atoms with van der Waals surface area (Å²) in [6, 6.07) is 0. The fourth-order valence-corrected chi connectivity index (χ4v) is 4.28. The molecule has 0 spiro atoms. The summed E-state index contributed by atoms with van der Waals surface area (Å²) in [5.74, 6) is -1.56. The smallest absolute Gasteiger partial charge is 0.310 e. The molecular weight excluding hydrogens is 376 g/mol. The number of rotatable bonds is 17. The van der Waals surface area contributed by atoms with E-state index in [1.807, 2.05) is 12.2 Å². The van der Waals surface area contributed by atoms with E-state index in [0.29, 0.717) is 12.8 Å². The van der Waals surface area contributed by atoms with E-state index in [-0.39, 0.29) is 12.1 Å². The van der Waals surface area contributed by atoms with Crippen LogP contribution in [-0.2, 0) is 14.3 Å². The second kappa shape index (κ2) is 16.4. The third kappa shape index (κ3) is 11.8. The van der Waals surface area contributed by atoms with Crippen LogP contribution in [0.1, 0.15) is 117 Å². The largest absolute Gasteiger partial charge is 0.481 e. The molecule has 1 aliphatic rings. The van der Waals surface area contributed by atoms with Crippen LogP contribution in [0.5, 0.6) is 0 Å². The highest BCUT2D eigenvalue weighted by Gasteiger charge is 2.36. The second-order valence-corrected chi connectivity index (χ2v) is 9.49. The molecule has 0 aromatic heterocycles. The highest BCUT2D eigenvalue weighted by molar-refractivity contribution is 5.81. The number of carboxylic acid groups (broad SMARTS) is 1. The van der Waals surface area contributed by atoms with E-state index in [0.717, 1.165) is 38.0 Å². The Morgan fingerprint density at radius 1 is 0.833 bits per heavy atom. The van der Waals surface area contributed by atoms with Gasteiger partial charge >= 0.3 is 11.9 Å². The number of aliphatic carboxylic acids is 1. The summed E-state index contributed by atoms with van der Waals surface area (Å²) in [4.78, 5) is 24.1. The fourth-order valence-electron chi connectivity index (χ4n) is 4.28. The normalized spacial score (nSPS) is 19.7. The Hall–Kier alpha value is -1.32. The molecule has 1 N–H and O–H groups in total. The van der Waals surface area contributed by atoms with Gasteiger partial charge < -0.3 is 9.84 Å². The average molecular weight is 423 g/mol. The Bertz CT molecular complexity index is 497. The van der Waals surface area contributed by atoms with Crippen LogP contribution in [0.4, 0.5) is 0 Å². The van der Waals surface area contributed by atoms with Crippen molar-refractivity contribution in [1.29, 1.82) is 0 Å². The molecule has 0 aromatic rings. The first-order valence-corrected chi connectivity index (χ1v) is 12.5. The van der Waals surface area contributed by atoms with Crippen molar-refractivity contribution in [2.45, 2.75) is 123 Å². The molecule has 3 unspecified atom stereocenters. The molecular formula is C26H46O4. The maximum atomic E-state index is 12.7. The molecule has 0 amide bonds. The molecule has 1 rings (SSSR count). The van der Waals surface area contributed by atoms with E-state index < -0.39 is 17.8 Å². The minimum Gasteiger partial charge on any atom is -0.481 e. The zero-order valence-electron chi connectivity index (χ0n) is 19.7. The lowest BCUT2D eigenvalue weighted by molar-refractivity contribution is -0.162. The van der Waals surface area contributed by atoms with E-state index in [9.17, 15) is 14.7 Å². The first kappa shape index (κ1) is 26.7. The molecule has 0 aromatic carbocycles. The minimum absolute atomic E-state index is 0.0613. The average Bonchev–Trinajstić information content (AvgIpc) is 2.72. The van der Waals surface area contributed by atoms with Gasteiger partial charge in [0.25, 0.3) is 0 Å². The number of carbonyl (C=O) groups is 2. The molecule has 4 nitrogen and oxygen atoms in total. The number of unbranched alkanes of at least 4 members (excludes halogenated alkanes) is 8. The predicted octanol–water partition coefficient (Wildman–Crippen LogP) is 7.31. The minimum atomic E-state index is -0.893. The summed E-state index contributed by atoms with van der Waals surface area (Å²) in [5, 5.41) is 9.41. The van der Waals surface area contributed by atoms with E-state index in [1.165, 1.54) is 51.4 Å². The van der Waals surface area contributed by atoms with Crippen LogP contribution < -0.4 is 0 Å². The van der Waals surface area contributed by atoms with Gasteiger partial charge in [0, 0.05) is 0 Å².